The van der Waals surface area contributed by atoms with Crippen LogP contribution in [-0.2, 0) is 11.2 Å². The molecule has 0 bridgehead atoms. The second-order valence-corrected chi connectivity index (χ2v) is 4.13. The predicted octanol–water partition coefficient (Wildman–Crippen LogP) is 2.15. The van der Waals surface area contributed by atoms with Gasteiger partial charge in [0.25, 0.3) is 0 Å². The van der Waals surface area contributed by atoms with Gasteiger partial charge in [0.2, 0.25) is 0 Å². The van der Waals surface area contributed by atoms with E-state index in [9.17, 15) is 4.79 Å². The molecule has 1 aliphatic rings. The zero-order valence-corrected chi connectivity index (χ0v) is 9.83. The van der Waals surface area contributed by atoms with Crippen LogP contribution in [0.1, 0.15) is 12.5 Å². The average Bonchev–Trinajstić information content (AvgIpc) is 2.57. The molecule has 0 spiro atoms. The molecule has 0 aromatic heterocycles. The van der Waals surface area contributed by atoms with Crippen LogP contribution in [0.5, 0.6) is 11.5 Å². The molecule has 14 heavy (non-hydrogen) atoms. The molecule has 74 valence electrons. The molecule has 0 saturated heterocycles. The molecule has 2 rings (SSSR count). The fourth-order valence-electron chi connectivity index (χ4n) is 1.45. The highest BCUT2D eigenvalue weighted by molar-refractivity contribution is 14.1. The van der Waals surface area contributed by atoms with Crippen molar-refractivity contribution in [3.63, 3.8) is 0 Å². The summed E-state index contributed by atoms with van der Waals surface area (Å²) < 4.78 is 11.4. The lowest BCUT2D eigenvalue weighted by atomic mass is 10.1. The van der Waals surface area contributed by atoms with E-state index in [-0.39, 0.29) is 5.97 Å². The van der Waals surface area contributed by atoms with E-state index in [0.29, 0.717) is 5.75 Å². The smallest absolute Gasteiger partial charge is 0.308 e. The molecule has 1 aromatic carbocycles. The first-order valence-corrected chi connectivity index (χ1v) is 5.39. The van der Waals surface area contributed by atoms with Gasteiger partial charge in [0, 0.05) is 18.9 Å². The van der Waals surface area contributed by atoms with E-state index in [2.05, 4.69) is 22.6 Å². The number of esters is 1. The van der Waals surface area contributed by atoms with Gasteiger partial charge in [-0.1, -0.05) is 0 Å². The van der Waals surface area contributed by atoms with Gasteiger partial charge in [0.05, 0.1) is 10.2 Å². The summed E-state index contributed by atoms with van der Waals surface area (Å²) >= 11 is 2.18. The van der Waals surface area contributed by atoms with Gasteiger partial charge in [0.1, 0.15) is 11.5 Å². The molecule has 0 unspecified atom stereocenters. The fraction of sp³-hybridized carbons (Fsp3) is 0.300. The number of fused-ring (bicyclic) bond motifs is 1. The molecule has 1 aliphatic heterocycles. The Hall–Kier alpha value is -0.780. The lowest BCUT2D eigenvalue weighted by Crippen LogP contribution is -2.03. The van der Waals surface area contributed by atoms with E-state index in [4.69, 9.17) is 9.47 Å². The Morgan fingerprint density at radius 1 is 1.57 bits per heavy atom. The summed E-state index contributed by atoms with van der Waals surface area (Å²) in [6, 6.07) is 3.62. The SMILES string of the molecule is CC(=O)Oc1ccc2c(c1I)CCO2. The van der Waals surface area contributed by atoms with Crippen LogP contribution in [0.3, 0.4) is 0 Å². The van der Waals surface area contributed by atoms with E-state index in [1.807, 2.05) is 6.07 Å². The van der Waals surface area contributed by atoms with Gasteiger partial charge in [-0.3, -0.25) is 4.79 Å². The van der Waals surface area contributed by atoms with Gasteiger partial charge >= 0.3 is 5.97 Å². The Bertz CT molecular complexity index is 387. The number of halogens is 1. The second-order valence-electron chi connectivity index (χ2n) is 3.05. The normalized spacial score (nSPS) is 13.3. The lowest BCUT2D eigenvalue weighted by molar-refractivity contribution is -0.131. The van der Waals surface area contributed by atoms with Crippen LogP contribution in [-0.4, -0.2) is 12.6 Å². The molecular formula is C10H9IO3. The first kappa shape index (κ1) is 9.76. The third kappa shape index (κ3) is 1.70. The van der Waals surface area contributed by atoms with Crippen LogP contribution in [0.25, 0.3) is 0 Å². The molecule has 0 atom stereocenters. The summed E-state index contributed by atoms with van der Waals surface area (Å²) in [6.45, 7) is 2.12. The van der Waals surface area contributed by atoms with Gasteiger partial charge in [0.15, 0.2) is 0 Å². The number of hydrogen-bond donors (Lipinski definition) is 0. The monoisotopic (exact) mass is 304 g/mol. The predicted molar refractivity (Wildman–Crippen MR) is 59.7 cm³/mol. The number of carbonyl (C=O) groups is 1. The van der Waals surface area contributed by atoms with Crippen LogP contribution < -0.4 is 9.47 Å². The van der Waals surface area contributed by atoms with Gasteiger partial charge in [-0.05, 0) is 34.7 Å². The molecule has 1 heterocycles. The Morgan fingerprint density at radius 2 is 2.36 bits per heavy atom. The minimum atomic E-state index is -0.290. The first-order valence-electron chi connectivity index (χ1n) is 4.31. The van der Waals surface area contributed by atoms with Crippen molar-refractivity contribution >= 4 is 28.6 Å². The van der Waals surface area contributed by atoms with E-state index in [1.54, 1.807) is 6.07 Å². The lowest BCUT2D eigenvalue weighted by Gasteiger charge is -2.07. The maximum atomic E-state index is 10.8. The zero-order chi connectivity index (χ0) is 10.1. The summed E-state index contributed by atoms with van der Waals surface area (Å²) in [7, 11) is 0. The summed E-state index contributed by atoms with van der Waals surface area (Å²) in [5.74, 6) is 1.24. The van der Waals surface area contributed by atoms with Crippen LogP contribution in [0.2, 0.25) is 0 Å². The van der Waals surface area contributed by atoms with E-state index in [1.165, 1.54) is 6.92 Å². The third-order valence-electron chi connectivity index (χ3n) is 2.03. The third-order valence-corrected chi connectivity index (χ3v) is 3.21. The molecule has 3 nitrogen and oxygen atoms in total. The van der Waals surface area contributed by atoms with Crippen molar-refractivity contribution in [3.8, 4) is 11.5 Å². The minimum absolute atomic E-state index is 0.290. The minimum Gasteiger partial charge on any atom is -0.493 e. The average molecular weight is 304 g/mol. The van der Waals surface area contributed by atoms with Gasteiger partial charge in [-0.15, -0.1) is 0 Å². The van der Waals surface area contributed by atoms with Crippen LogP contribution >= 0.6 is 22.6 Å². The van der Waals surface area contributed by atoms with Gasteiger partial charge in [-0.2, -0.15) is 0 Å². The van der Waals surface area contributed by atoms with Crippen molar-refractivity contribution in [1.82, 2.24) is 0 Å². The number of rotatable bonds is 1. The van der Waals surface area contributed by atoms with Crippen molar-refractivity contribution < 1.29 is 14.3 Å². The van der Waals surface area contributed by atoms with Gasteiger partial charge < -0.3 is 9.47 Å². The fourth-order valence-corrected chi connectivity index (χ4v) is 2.27. The van der Waals surface area contributed by atoms with Crippen molar-refractivity contribution in [2.45, 2.75) is 13.3 Å². The summed E-state index contributed by atoms with van der Waals surface area (Å²) in [5, 5.41) is 0. The maximum absolute atomic E-state index is 10.8. The number of carbonyl (C=O) groups excluding carboxylic acids is 1. The van der Waals surface area contributed by atoms with E-state index >= 15 is 0 Å². The summed E-state index contributed by atoms with van der Waals surface area (Å²) in [6.07, 6.45) is 0.892. The molecule has 0 radical (unpaired) electrons. The molecule has 0 amide bonds. The Morgan fingerprint density at radius 3 is 3.07 bits per heavy atom. The molecule has 0 saturated carbocycles. The van der Waals surface area contributed by atoms with Crippen molar-refractivity contribution in [1.29, 1.82) is 0 Å². The molecular weight excluding hydrogens is 295 g/mol. The Kier molecular flexibility index (Phi) is 2.62. The summed E-state index contributed by atoms with van der Waals surface area (Å²) in [5.41, 5.74) is 1.14. The molecule has 0 N–H and O–H groups in total. The number of benzene rings is 1. The largest absolute Gasteiger partial charge is 0.493 e. The second kappa shape index (κ2) is 3.76. The highest BCUT2D eigenvalue weighted by atomic mass is 127. The highest BCUT2D eigenvalue weighted by Crippen LogP contribution is 2.35. The Labute approximate surface area is 95.5 Å². The molecule has 0 aliphatic carbocycles. The topological polar surface area (TPSA) is 35.5 Å². The van der Waals surface area contributed by atoms with Crippen molar-refractivity contribution in [2.75, 3.05) is 6.61 Å². The first-order chi connectivity index (χ1) is 6.68. The van der Waals surface area contributed by atoms with Crippen molar-refractivity contribution in [2.24, 2.45) is 0 Å². The Balaban J connectivity index is 2.39. The molecule has 4 heteroatoms. The summed E-state index contributed by atoms with van der Waals surface area (Å²) in [4.78, 5) is 10.8. The quantitative estimate of drug-likeness (QED) is 0.453. The number of hydrogen-bond acceptors (Lipinski definition) is 3. The maximum Gasteiger partial charge on any atom is 0.308 e. The van der Waals surface area contributed by atoms with Crippen molar-refractivity contribution in [3.05, 3.63) is 21.3 Å². The van der Waals surface area contributed by atoms with Crippen LogP contribution in [0, 0.1) is 3.57 Å². The van der Waals surface area contributed by atoms with Crippen LogP contribution in [0.15, 0.2) is 12.1 Å². The standard InChI is InChI=1S/C10H9IO3/c1-6(12)14-9-3-2-8-7(10(9)11)4-5-13-8/h2-3H,4-5H2,1H3. The molecule has 1 aromatic rings. The number of ether oxygens (including phenoxy) is 2. The highest BCUT2D eigenvalue weighted by Gasteiger charge is 2.18. The zero-order valence-electron chi connectivity index (χ0n) is 7.67. The van der Waals surface area contributed by atoms with Gasteiger partial charge in [-0.25, -0.2) is 0 Å². The molecule has 0 fully saturated rings. The van der Waals surface area contributed by atoms with E-state index < -0.39 is 0 Å². The van der Waals surface area contributed by atoms with Crippen LogP contribution in [0.4, 0.5) is 0 Å². The van der Waals surface area contributed by atoms with E-state index in [0.717, 1.165) is 27.9 Å².